The van der Waals surface area contributed by atoms with E-state index < -0.39 is 28.2 Å². The number of hydrogen-bond acceptors (Lipinski definition) is 7. The molecule has 9 nitrogen and oxygen atoms in total. The highest BCUT2D eigenvalue weighted by Crippen LogP contribution is 2.31. The molecule has 140 valence electrons. The third kappa shape index (κ3) is 2.71. The Hall–Kier alpha value is -3.95. The van der Waals surface area contributed by atoms with E-state index in [1.807, 2.05) is 0 Å². The molecule has 3 aromatic rings. The number of halogens is 1. The lowest BCUT2D eigenvalue weighted by Crippen LogP contribution is -2.29. The molecule has 1 aliphatic rings. The number of rotatable bonds is 4. The van der Waals surface area contributed by atoms with Gasteiger partial charge in [0.25, 0.3) is 17.5 Å². The standard InChI is InChI=1S/C18H11FN4O5/c1-9-5-6-10(7-12(9)19)16-20-14(28-21-16)8-22-17(24)11-3-2-4-13(23(26)27)15(11)18(22)25/h2-7H,8H2,1H3. The third-order valence-corrected chi connectivity index (χ3v) is 4.37. The minimum atomic E-state index is -0.812. The van der Waals surface area contributed by atoms with E-state index in [4.69, 9.17) is 4.52 Å². The summed E-state index contributed by atoms with van der Waals surface area (Å²) in [5.74, 6) is -1.90. The second-order valence-corrected chi connectivity index (χ2v) is 6.13. The Bertz CT molecular complexity index is 1160. The largest absolute Gasteiger partial charge is 0.337 e. The molecule has 0 bridgehead atoms. The molecule has 0 N–H and O–H groups in total. The fourth-order valence-electron chi connectivity index (χ4n) is 2.91. The molecule has 0 fully saturated rings. The van der Waals surface area contributed by atoms with Crippen LogP contribution < -0.4 is 0 Å². The summed E-state index contributed by atoms with van der Waals surface area (Å²) in [7, 11) is 0. The van der Waals surface area contributed by atoms with Crippen LogP contribution in [0.15, 0.2) is 40.9 Å². The molecule has 10 heteroatoms. The van der Waals surface area contributed by atoms with Crippen LogP contribution in [0.5, 0.6) is 0 Å². The molecule has 0 atom stereocenters. The normalized spacial score (nSPS) is 13.1. The Morgan fingerprint density at radius 2 is 2.00 bits per heavy atom. The molecule has 0 unspecified atom stereocenters. The van der Waals surface area contributed by atoms with E-state index >= 15 is 0 Å². The summed E-state index contributed by atoms with van der Waals surface area (Å²) >= 11 is 0. The molecule has 1 aliphatic heterocycles. The molecular weight excluding hydrogens is 371 g/mol. The summed E-state index contributed by atoms with van der Waals surface area (Å²) in [6, 6.07) is 8.25. The number of carbonyl (C=O) groups excluding carboxylic acids is 2. The van der Waals surface area contributed by atoms with Crippen molar-refractivity contribution in [1.82, 2.24) is 15.0 Å². The van der Waals surface area contributed by atoms with Crippen LogP contribution in [0, 0.1) is 22.9 Å². The number of imide groups is 1. The Kier molecular flexibility index (Phi) is 3.95. The number of carbonyl (C=O) groups is 2. The molecule has 0 spiro atoms. The van der Waals surface area contributed by atoms with E-state index in [1.54, 1.807) is 19.1 Å². The van der Waals surface area contributed by atoms with Gasteiger partial charge in [-0.25, -0.2) is 4.39 Å². The van der Waals surface area contributed by atoms with Crippen molar-refractivity contribution in [3.05, 3.63) is 74.9 Å². The Morgan fingerprint density at radius 3 is 2.71 bits per heavy atom. The fraction of sp³-hybridized carbons (Fsp3) is 0.111. The molecule has 0 saturated carbocycles. The second-order valence-electron chi connectivity index (χ2n) is 6.13. The summed E-state index contributed by atoms with van der Waals surface area (Å²) < 4.78 is 18.8. The molecule has 2 amide bonds. The number of nitro benzene ring substituents is 1. The maximum Gasteiger partial charge on any atom is 0.282 e. The molecule has 28 heavy (non-hydrogen) atoms. The number of amides is 2. The maximum atomic E-state index is 13.7. The van der Waals surface area contributed by atoms with Crippen LogP contribution in [0.3, 0.4) is 0 Å². The van der Waals surface area contributed by atoms with Gasteiger partial charge in [-0.1, -0.05) is 23.4 Å². The van der Waals surface area contributed by atoms with Crippen molar-refractivity contribution in [1.29, 1.82) is 0 Å². The molecule has 0 saturated heterocycles. The van der Waals surface area contributed by atoms with Gasteiger partial charge in [-0.05, 0) is 24.6 Å². The van der Waals surface area contributed by atoms with Gasteiger partial charge in [0.2, 0.25) is 11.7 Å². The quantitative estimate of drug-likeness (QED) is 0.386. The third-order valence-electron chi connectivity index (χ3n) is 4.37. The summed E-state index contributed by atoms with van der Waals surface area (Å²) in [6.07, 6.45) is 0. The van der Waals surface area contributed by atoms with Crippen LogP contribution in [-0.2, 0) is 6.54 Å². The number of aryl methyl sites for hydroxylation is 1. The lowest BCUT2D eigenvalue weighted by Gasteiger charge is -2.09. The van der Waals surface area contributed by atoms with Crippen LogP contribution in [0.1, 0.15) is 32.2 Å². The molecule has 0 radical (unpaired) electrons. The minimum absolute atomic E-state index is 0.0560. The van der Waals surface area contributed by atoms with Crippen molar-refractivity contribution in [2.75, 3.05) is 0 Å². The van der Waals surface area contributed by atoms with E-state index in [1.165, 1.54) is 18.2 Å². The van der Waals surface area contributed by atoms with Crippen molar-refractivity contribution in [2.24, 2.45) is 0 Å². The van der Waals surface area contributed by atoms with E-state index in [0.717, 1.165) is 11.0 Å². The van der Waals surface area contributed by atoms with E-state index in [2.05, 4.69) is 10.1 Å². The summed E-state index contributed by atoms with van der Waals surface area (Å²) in [5.41, 5.74) is 0.0632. The SMILES string of the molecule is Cc1ccc(-c2noc(CN3C(=O)c4cccc([N+](=O)[O-])c4C3=O)n2)cc1F. The number of benzene rings is 2. The van der Waals surface area contributed by atoms with Crippen LogP contribution in [0.25, 0.3) is 11.4 Å². The average Bonchev–Trinajstić information content (AvgIpc) is 3.23. The molecule has 2 heterocycles. The lowest BCUT2D eigenvalue weighted by molar-refractivity contribution is -0.385. The smallest absolute Gasteiger partial charge is 0.282 e. The van der Waals surface area contributed by atoms with E-state index in [0.29, 0.717) is 11.1 Å². The van der Waals surface area contributed by atoms with Crippen molar-refractivity contribution < 1.29 is 23.4 Å². The summed E-state index contributed by atoms with van der Waals surface area (Å²) in [5, 5.41) is 14.9. The fourth-order valence-corrected chi connectivity index (χ4v) is 2.91. The molecule has 0 aliphatic carbocycles. The van der Waals surface area contributed by atoms with Gasteiger partial charge in [0.05, 0.1) is 10.5 Å². The lowest BCUT2D eigenvalue weighted by atomic mass is 10.1. The van der Waals surface area contributed by atoms with Gasteiger partial charge in [-0.15, -0.1) is 0 Å². The highest BCUT2D eigenvalue weighted by molar-refractivity contribution is 6.23. The molecule has 2 aromatic carbocycles. The zero-order valence-electron chi connectivity index (χ0n) is 14.4. The van der Waals surface area contributed by atoms with Crippen molar-refractivity contribution in [3.63, 3.8) is 0 Å². The second kappa shape index (κ2) is 6.34. The zero-order chi connectivity index (χ0) is 20.0. The molecular formula is C18H11FN4O5. The Labute approximate surface area is 156 Å². The number of nitro groups is 1. The Morgan fingerprint density at radius 1 is 1.21 bits per heavy atom. The first-order valence-electron chi connectivity index (χ1n) is 8.09. The Balaban J connectivity index is 1.62. The van der Waals surface area contributed by atoms with Crippen molar-refractivity contribution in [3.8, 4) is 11.4 Å². The highest BCUT2D eigenvalue weighted by Gasteiger charge is 2.41. The van der Waals surface area contributed by atoms with Gasteiger partial charge in [-0.3, -0.25) is 24.6 Å². The number of nitrogens with zero attached hydrogens (tertiary/aromatic N) is 4. The molecule has 1 aromatic heterocycles. The van der Waals surface area contributed by atoms with Gasteiger partial charge in [-0.2, -0.15) is 4.98 Å². The van der Waals surface area contributed by atoms with Gasteiger partial charge in [0.15, 0.2) is 0 Å². The first kappa shape index (κ1) is 17.5. The predicted octanol–water partition coefficient (Wildman–Crippen LogP) is 2.89. The van der Waals surface area contributed by atoms with Crippen LogP contribution in [-0.4, -0.2) is 31.8 Å². The van der Waals surface area contributed by atoms with Gasteiger partial charge in [0.1, 0.15) is 17.9 Å². The van der Waals surface area contributed by atoms with Crippen LogP contribution >= 0.6 is 0 Å². The average molecular weight is 382 g/mol. The van der Waals surface area contributed by atoms with Gasteiger partial charge >= 0.3 is 0 Å². The van der Waals surface area contributed by atoms with Gasteiger partial charge < -0.3 is 4.52 Å². The number of fused-ring (bicyclic) bond motifs is 1. The van der Waals surface area contributed by atoms with Crippen molar-refractivity contribution in [2.45, 2.75) is 13.5 Å². The first-order valence-corrected chi connectivity index (χ1v) is 8.09. The summed E-state index contributed by atoms with van der Waals surface area (Å²) in [6.45, 7) is 1.26. The first-order chi connectivity index (χ1) is 13.4. The van der Waals surface area contributed by atoms with Crippen LogP contribution in [0.2, 0.25) is 0 Å². The maximum absolute atomic E-state index is 13.7. The summed E-state index contributed by atoms with van der Waals surface area (Å²) in [4.78, 5) is 40.3. The van der Waals surface area contributed by atoms with Gasteiger partial charge in [0, 0.05) is 11.6 Å². The monoisotopic (exact) mass is 382 g/mol. The van der Waals surface area contributed by atoms with Crippen LogP contribution in [0.4, 0.5) is 10.1 Å². The van der Waals surface area contributed by atoms with E-state index in [9.17, 15) is 24.1 Å². The minimum Gasteiger partial charge on any atom is -0.337 e. The number of hydrogen-bond donors (Lipinski definition) is 0. The topological polar surface area (TPSA) is 119 Å². The molecule has 4 rings (SSSR count). The predicted molar refractivity (Wildman–Crippen MR) is 91.7 cm³/mol. The number of aromatic nitrogens is 2. The van der Waals surface area contributed by atoms with Crippen molar-refractivity contribution >= 4 is 17.5 Å². The highest BCUT2D eigenvalue weighted by atomic mass is 19.1. The zero-order valence-corrected chi connectivity index (χ0v) is 14.4. The van der Waals surface area contributed by atoms with E-state index in [-0.39, 0.29) is 29.4 Å².